The van der Waals surface area contributed by atoms with Crippen LogP contribution in [0.15, 0.2) is 23.3 Å². The van der Waals surface area contributed by atoms with Crippen molar-refractivity contribution in [2.45, 2.75) is 157 Å². The molecule has 0 amide bonds. The van der Waals surface area contributed by atoms with E-state index in [1.807, 2.05) is 0 Å². The lowest BCUT2D eigenvalue weighted by Gasteiger charge is -2.58. The molecule has 12 rings (SSSR count). The SMILES string of the molecule is C.C.CC[C@]12CC(=O)C3C4CCC5(C=C4CCC3C1CCC21OCCO1)SCCS5.CC[C@]12C[C@@H](O)C3C4CCC5(C=C4CCC3C1CCC21OCCO1)SCCS5. The van der Waals surface area contributed by atoms with Crippen LogP contribution in [0.1, 0.15) is 131 Å². The summed E-state index contributed by atoms with van der Waals surface area (Å²) in [5.41, 5.74) is 3.28. The first-order valence-corrected chi connectivity index (χ1v) is 26.9. The maximum Gasteiger partial charge on any atom is 0.174 e. The van der Waals surface area contributed by atoms with E-state index in [2.05, 4.69) is 73.0 Å². The fraction of sp³-hybridized carbons (Fsp3) is 0.896. The maximum atomic E-state index is 13.7. The average molecular weight is 875 g/mol. The summed E-state index contributed by atoms with van der Waals surface area (Å²) in [7, 11) is 0. The number of aliphatic hydroxyl groups excluding tert-OH is 1. The molecule has 10 fully saturated rings. The maximum absolute atomic E-state index is 13.7. The molecule has 4 spiro atoms. The van der Waals surface area contributed by atoms with Crippen LogP contribution in [0.5, 0.6) is 0 Å². The van der Waals surface area contributed by atoms with Gasteiger partial charge in [-0.05, 0) is 125 Å². The molecule has 8 aliphatic carbocycles. The molecule has 58 heavy (non-hydrogen) atoms. The number of aliphatic hydroxyl groups is 1. The molecule has 4 heterocycles. The first kappa shape index (κ1) is 43.6. The molecule has 0 radical (unpaired) electrons. The van der Waals surface area contributed by atoms with Gasteiger partial charge in [0.05, 0.1) is 40.7 Å². The van der Waals surface area contributed by atoms with E-state index < -0.39 is 11.6 Å². The van der Waals surface area contributed by atoms with E-state index in [1.165, 1.54) is 87.2 Å². The highest BCUT2D eigenvalue weighted by Crippen LogP contribution is 2.70. The van der Waals surface area contributed by atoms with E-state index >= 15 is 0 Å². The molecular weight excluding hydrogens is 801 g/mol. The lowest BCUT2D eigenvalue weighted by Crippen LogP contribution is -2.59. The predicted octanol–water partition coefficient (Wildman–Crippen LogP) is 11.2. The summed E-state index contributed by atoms with van der Waals surface area (Å²) in [6.07, 6.45) is 23.2. The molecule has 326 valence electrons. The molecule has 1 N–H and O–H groups in total. The molecule has 4 aliphatic heterocycles. The van der Waals surface area contributed by atoms with Gasteiger partial charge in [-0.2, -0.15) is 0 Å². The molecule has 8 unspecified atom stereocenters. The van der Waals surface area contributed by atoms with Gasteiger partial charge in [0.2, 0.25) is 0 Å². The third-order valence-electron chi connectivity index (χ3n) is 18.5. The Bertz CT molecular complexity index is 1610. The van der Waals surface area contributed by atoms with Gasteiger partial charge >= 0.3 is 0 Å². The third kappa shape index (κ3) is 6.24. The van der Waals surface area contributed by atoms with Crippen LogP contribution in [0, 0.1) is 58.2 Å². The molecule has 11 atom stereocenters. The minimum Gasteiger partial charge on any atom is -0.393 e. The number of Topliss-reactive ketones (excluding diaryl/α,β-unsaturated/α-hetero) is 1. The van der Waals surface area contributed by atoms with Gasteiger partial charge in [0, 0.05) is 59.0 Å². The van der Waals surface area contributed by atoms with E-state index in [-0.39, 0.29) is 37.7 Å². The Kier molecular flexibility index (Phi) is 12.1. The number of ketones is 1. The molecule has 0 aromatic carbocycles. The van der Waals surface area contributed by atoms with Crippen LogP contribution in [0.2, 0.25) is 0 Å². The number of allylic oxidation sites excluding steroid dienone is 2. The van der Waals surface area contributed by atoms with Crippen molar-refractivity contribution >= 4 is 52.8 Å². The molecular formula is C48H74O6S4. The number of carbonyl (C=O) groups is 1. The van der Waals surface area contributed by atoms with Gasteiger partial charge in [-0.1, -0.05) is 52.0 Å². The molecule has 6 nitrogen and oxygen atoms in total. The van der Waals surface area contributed by atoms with Crippen LogP contribution < -0.4 is 0 Å². The second kappa shape index (κ2) is 16.1. The van der Waals surface area contributed by atoms with Crippen LogP contribution in [0.3, 0.4) is 0 Å². The number of rotatable bonds is 2. The highest BCUT2D eigenvalue weighted by Gasteiger charge is 2.70. The van der Waals surface area contributed by atoms with Gasteiger partial charge in [-0.15, -0.1) is 47.0 Å². The Morgan fingerprint density at radius 1 is 0.638 bits per heavy atom. The number of hydrogen-bond acceptors (Lipinski definition) is 10. The minimum atomic E-state index is -0.461. The Balaban J connectivity index is 0.000000145. The quantitative estimate of drug-likeness (QED) is 0.271. The Labute approximate surface area is 367 Å². The van der Waals surface area contributed by atoms with Crippen LogP contribution in [0.4, 0.5) is 0 Å². The Morgan fingerprint density at radius 3 is 1.67 bits per heavy atom. The van der Waals surface area contributed by atoms with Gasteiger partial charge in [-0.25, -0.2) is 0 Å². The molecule has 0 bridgehead atoms. The van der Waals surface area contributed by atoms with Gasteiger partial charge in [0.25, 0.3) is 0 Å². The van der Waals surface area contributed by atoms with E-state index in [1.54, 1.807) is 11.1 Å². The smallest absolute Gasteiger partial charge is 0.174 e. The van der Waals surface area contributed by atoms with Crippen molar-refractivity contribution in [3.05, 3.63) is 23.3 Å². The van der Waals surface area contributed by atoms with E-state index in [4.69, 9.17) is 18.9 Å². The van der Waals surface area contributed by atoms with Gasteiger partial charge in [-0.3, -0.25) is 4.79 Å². The fourth-order valence-corrected chi connectivity index (χ4v) is 22.9. The topological polar surface area (TPSA) is 74.2 Å². The Morgan fingerprint density at radius 2 is 1.12 bits per heavy atom. The summed E-state index contributed by atoms with van der Waals surface area (Å²) < 4.78 is 25.9. The van der Waals surface area contributed by atoms with Crippen molar-refractivity contribution in [3.8, 4) is 0 Å². The monoisotopic (exact) mass is 874 g/mol. The summed E-state index contributed by atoms with van der Waals surface area (Å²) >= 11 is 8.65. The molecule has 0 aromatic heterocycles. The number of carbonyl (C=O) groups excluding carboxylic acids is 1. The van der Waals surface area contributed by atoms with Crippen molar-refractivity contribution < 1.29 is 28.8 Å². The first-order chi connectivity index (χ1) is 27.2. The minimum absolute atomic E-state index is 0. The standard InChI is InChI=1S/C23H34O3S2.C23H32O3S2.2CH4/c2*1-2-21-14-19(24)20-16-5-7-22(27-11-12-28-22)13-15(16)3-4-17(20)18(21)6-8-23(21)25-9-10-26-23;;/h13,16-20,24H,2-12,14H2,1H3;13,16-18,20H,2-12,14H2,1H3;2*1H4/t16?,17?,18?,19-,20?,21+;16?,17?,18?,20?,21-;;/m10../s1. The first-order valence-electron chi connectivity index (χ1n) is 23.0. The summed E-state index contributed by atoms with van der Waals surface area (Å²) in [6.45, 7) is 7.43. The lowest BCUT2D eigenvalue weighted by atomic mass is 9.49. The number of fused-ring (bicyclic) bond motifs is 12. The molecule has 10 heteroatoms. The third-order valence-corrected chi connectivity index (χ3v) is 25.3. The molecule has 12 aliphatic rings. The van der Waals surface area contributed by atoms with E-state index in [0.717, 1.165) is 45.3 Å². The van der Waals surface area contributed by atoms with E-state index in [0.29, 0.717) is 75.0 Å². The summed E-state index contributed by atoms with van der Waals surface area (Å²) in [5, 5.41) is 11.5. The van der Waals surface area contributed by atoms with E-state index in [9.17, 15) is 9.90 Å². The lowest BCUT2D eigenvalue weighted by molar-refractivity contribution is -0.261. The fourth-order valence-electron chi connectivity index (χ4n) is 16.5. The van der Waals surface area contributed by atoms with Crippen molar-refractivity contribution in [2.75, 3.05) is 49.4 Å². The van der Waals surface area contributed by atoms with Crippen molar-refractivity contribution in [2.24, 2.45) is 58.2 Å². The average Bonchev–Trinajstić information content (AvgIpc) is 4.09. The largest absolute Gasteiger partial charge is 0.393 e. The van der Waals surface area contributed by atoms with Gasteiger partial charge < -0.3 is 24.1 Å². The second-order valence-electron chi connectivity index (χ2n) is 19.9. The molecule has 0 aromatic rings. The highest BCUT2D eigenvalue weighted by molar-refractivity contribution is 8.22. The normalized spacial score (nSPS) is 45.4. The van der Waals surface area contributed by atoms with Gasteiger partial charge in [0.1, 0.15) is 5.78 Å². The zero-order chi connectivity index (χ0) is 38.0. The molecule has 6 saturated carbocycles. The van der Waals surface area contributed by atoms with Crippen LogP contribution >= 0.6 is 47.0 Å². The summed E-state index contributed by atoms with van der Waals surface area (Å²) in [4.78, 5) is 13.7. The number of hydrogen-bond donors (Lipinski definition) is 1. The second-order valence-corrected chi connectivity index (χ2v) is 26.1. The van der Waals surface area contributed by atoms with Crippen LogP contribution in [0.25, 0.3) is 0 Å². The zero-order valence-electron chi connectivity index (χ0n) is 33.9. The predicted molar refractivity (Wildman–Crippen MR) is 243 cm³/mol. The summed E-state index contributed by atoms with van der Waals surface area (Å²) in [6, 6.07) is 0. The number of thioether (sulfide) groups is 4. The van der Waals surface area contributed by atoms with Crippen LogP contribution in [-0.2, 0) is 23.7 Å². The number of ether oxygens (including phenoxy) is 4. The molecule has 4 saturated heterocycles. The Hall–Kier alpha value is 0.350. The zero-order valence-corrected chi connectivity index (χ0v) is 37.2. The van der Waals surface area contributed by atoms with Crippen molar-refractivity contribution in [3.63, 3.8) is 0 Å². The van der Waals surface area contributed by atoms with Crippen molar-refractivity contribution in [1.82, 2.24) is 0 Å². The van der Waals surface area contributed by atoms with Crippen molar-refractivity contribution in [1.29, 1.82) is 0 Å². The van der Waals surface area contributed by atoms with Crippen LogP contribution in [-0.4, -0.2) is 86.2 Å². The summed E-state index contributed by atoms with van der Waals surface area (Å²) in [5.74, 6) is 9.19. The van der Waals surface area contributed by atoms with Gasteiger partial charge in [0.15, 0.2) is 11.6 Å². The highest BCUT2D eigenvalue weighted by atomic mass is 32.2.